The van der Waals surface area contributed by atoms with Crippen molar-refractivity contribution in [3.8, 4) is 0 Å². The molecule has 1 aliphatic heterocycles. The smallest absolute Gasteiger partial charge is 0.261 e. The highest BCUT2D eigenvalue weighted by atomic mass is 16.3. The first-order chi connectivity index (χ1) is 16.7. The molecule has 0 N–H and O–H groups in total. The summed E-state index contributed by atoms with van der Waals surface area (Å²) in [5.41, 5.74) is 1.50. The number of rotatable bonds is 5. The Morgan fingerprint density at radius 2 is 1.82 bits per heavy atom. The first-order valence-corrected chi connectivity index (χ1v) is 11.3. The molecule has 10 nitrogen and oxygen atoms in total. The number of para-hydroxylation sites is 1. The summed E-state index contributed by atoms with van der Waals surface area (Å²) < 4.78 is 9.02. The van der Waals surface area contributed by atoms with Crippen LogP contribution in [0.2, 0.25) is 0 Å². The highest BCUT2D eigenvalue weighted by Crippen LogP contribution is 2.23. The number of aryl methyl sites for hydroxylation is 1. The van der Waals surface area contributed by atoms with E-state index in [2.05, 4.69) is 24.9 Å². The Morgan fingerprint density at radius 3 is 2.65 bits per heavy atom. The number of furan rings is 1. The SMILES string of the molecule is Cn1ncc2c(N3CCN(Cc4nc5ccccc5c(=O)n4Cc4ccco4)CC3)ncnc21. The number of hydrogen-bond donors (Lipinski definition) is 0. The minimum Gasteiger partial charge on any atom is -0.467 e. The Hall–Kier alpha value is -4.05. The van der Waals surface area contributed by atoms with E-state index in [4.69, 9.17) is 9.40 Å². The molecule has 172 valence electrons. The molecule has 0 spiro atoms. The summed E-state index contributed by atoms with van der Waals surface area (Å²) in [6, 6.07) is 11.2. The summed E-state index contributed by atoms with van der Waals surface area (Å²) in [5, 5.41) is 5.90. The lowest BCUT2D eigenvalue weighted by Crippen LogP contribution is -2.47. The zero-order valence-electron chi connectivity index (χ0n) is 18.8. The molecule has 34 heavy (non-hydrogen) atoms. The summed E-state index contributed by atoms with van der Waals surface area (Å²) in [4.78, 5) is 31.6. The van der Waals surface area contributed by atoms with E-state index in [-0.39, 0.29) is 5.56 Å². The molecule has 5 aromatic rings. The van der Waals surface area contributed by atoms with Gasteiger partial charge in [-0.2, -0.15) is 5.10 Å². The van der Waals surface area contributed by atoms with Gasteiger partial charge in [-0.15, -0.1) is 0 Å². The molecular weight excluding hydrogens is 432 g/mol. The highest BCUT2D eigenvalue weighted by Gasteiger charge is 2.23. The number of nitrogens with zero attached hydrogens (tertiary/aromatic N) is 8. The molecule has 5 heterocycles. The molecule has 4 aromatic heterocycles. The molecule has 1 aromatic carbocycles. The third-order valence-corrected chi connectivity index (χ3v) is 6.38. The third-order valence-electron chi connectivity index (χ3n) is 6.38. The van der Waals surface area contributed by atoms with Crippen LogP contribution in [0.15, 0.2) is 64.4 Å². The summed E-state index contributed by atoms with van der Waals surface area (Å²) in [5.74, 6) is 2.39. The van der Waals surface area contributed by atoms with Crippen molar-refractivity contribution in [1.29, 1.82) is 0 Å². The summed E-state index contributed by atoms with van der Waals surface area (Å²) >= 11 is 0. The molecule has 0 amide bonds. The minimum absolute atomic E-state index is 0.0457. The van der Waals surface area contributed by atoms with Crippen LogP contribution in [0.4, 0.5) is 5.82 Å². The molecule has 0 aliphatic carbocycles. The van der Waals surface area contributed by atoms with E-state index in [1.807, 2.05) is 49.6 Å². The van der Waals surface area contributed by atoms with Crippen LogP contribution in [0, 0.1) is 0 Å². The molecule has 0 unspecified atom stereocenters. The number of benzene rings is 1. The predicted octanol–water partition coefficient (Wildman–Crippen LogP) is 2.04. The van der Waals surface area contributed by atoms with E-state index >= 15 is 0 Å². The summed E-state index contributed by atoms with van der Waals surface area (Å²) in [6.07, 6.45) is 5.04. The number of fused-ring (bicyclic) bond motifs is 2. The third kappa shape index (κ3) is 3.61. The van der Waals surface area contributed by atoms with Gasteiger partial charge in [-0.25, -0.2) is 15.0 Å². The summed E-state index contributed by atoms with van der Waals surface area (Å²) in [6.45, 7) is 4.23. The monoisotopic (exact) mass is 456 g/mol. The maximum absolute atomic E-state index is 13.3. The fourth-order valence-corrected chi connectivity index (χ4v) is 4.58. The van der Waals surface area contributed by atoms with Crippen molar-refractivity contribution < 1.29 is 4.42 Å². The normalized spacial score (nSPS) is 14.9. The lowest BCUT2D eigenvalue weighted by atomic mass is 10.2. The second-order valence-electron chi connectivity index (χ2n) is 8.48. The molecule has 1 saturated heterocycles. The van der Waals surface area contributed by atoms with Gasteiger partial charge in [-0.1, -0.05) is 12.1 Å². The molecule has 6 rings (SSSR count). The number of hydrogen-bond acceptors (Lipinski definition) is 8. The van der Waals surface area contributed by atoms with Crippen molar-refractivity contribution >= 4 is 27.8 Å². The molecular formula is C24H24N8O2. The predicted molar refractivity (Wildman–Crippen MR) is 128 cm³/mol. The molecule has 0 bridgehead atoms. The van der Waals surface area contributed by atoms with Crippen molar-refractivity contribution in [2.24, 2.45) is 7.05 Å². The zero-order chi connectivity index (χ0) is 23.1. The van der Waals surface area contributed by atoms with Crippen LogP contribution in [-0.4, -0.2) is 60.4 Å². The number of piperazine rings is 1. The second-order valence-corrected chi connectivity index (χ2v) is 8.48. The van der Waals surface area contributed by atoms with Gasteiger partial charge >= 0.3 is 0 Å². The van der Waals surface area contributed by atoms with Crippen molar-refractivity contribution in [2.45, 2.75) is 13.1 Å². The maximum Gasteiger partial charge on any atom is 0.261 e. The van der Waals surface area contributed by atoms with E-state index < -0.39 is 0 Å². The van der Waals surface area contributed by atoms with Crippen LogP contribution < -0.4 is 10.5 Å². The van der Waals surface area contributed by atoms with Gasteiger partial charge in [0.2, 0.25) is 0 Å². The molecule has 0 radical (unpaired) electrons. The van der Waals surface area contributed by atoms with E-state index in [1.165, 1.54) is 0 Å². The largest absolute Gasteiger partial charge is 0.467 e. The Bertz CT molecular complexity index is 1510. The van der Waals surface area contributed by atoms with E-state index in [1.54, 1.807) is 21.8 Å². The van der Waals surface area contributed by atoms with E-state index in [0.717, 1.165) is 60.1 Å². The Kier molecular flexibility index (Phi) is 5.06. The second kappa shape index (κ2) is 8.38. The van der Waals surface area contributed by atoms with Crippen LogP contribution in [0.1, 0.15) is 11.6 Å². The lowest BCUT2D eigenvalue weighted by molar-refractivity contribution is 0.239. The summed E-state index contributed by atoms with van der Waals surface area (Å²) in [7, 11) is 1.88. The standard InChI is InChI=1S/C24H24N8O2/c1-29-22-19(13-27-29)23(26-16-25-22)31-10-8-30(9-11-31)15-21-28-20-7-3-2-6-18(20)24(33)32(21)14-17-5-4-12-34-17/h2-7,12-13,16H,8-11,14-15H2,1H3. The average Bonchev–Trinajstić information content (AvgIpc) is 3.52. The van der Waals surface area contributed by atoms with Gasteiger partial charge < -0.3 is 9.32 Å². The van der Waals surface area contributed by atoms with Crippen molar-refractivity contribution in [2.75, 3.05) is 31.1 Å². The van der Waals surface area contributed by atoms with Gasteiger partial charge in [0.1, 0.15) is 23.7 Å². The fraction of sp³-hybridized carbons (Fsp3) is 0.292. The van der Waals surface area contributed by atoms with Crippen molar-refractivity contribution in [3.05, 3.63) is 77.1 Å². The quantitative estimate of drug-likeness (QED) is 0.396. The van der Waals surface area contributed by atoms with Gasteiger partial charge in [0.05, 0.1) is 41.8 Å². The van der Waals surface area contributed by atoms with E-state index in [0.29, 0.717) is 18.5 Å². The molecule has 0 atom stereocenters. The van der Waals surface area contributed by atoms with Crippen molar-refractivity contribution in [3.63, 3.8) is 0 Å². The van der Waals surface area contributed by atoms with Gasteiger partial charge in [0.25, 0.3) is 5.56 Å². The average molecular weight is 457 g/mol. The van der Waals surface area contributed by atoms with Crippen LogP contribution in [0.5, 0.6) is 0 Å². The number of aromatic nitrogens is 6. The lowest BCUT2D eigenvalue weighted by Gasteiger charge is -2.35. The van der Waals surface area contributed by atoms with Crippen molar-refractivity contribution in [1.82, 2.24) is 34.2 Å². The first-order valence-electron chi connectivity index (χ1n) is 11.3. The van der Waals surface area contributed by atoms with Gasteiger partial charge in [-0.05, 0) is 24.3 Å². The van der Waals surface area contributed by atoms with Crippen LogP contribution in [-0.2, 0) is 20.1 Å². The minimum atomic E-state index is -0.0457. The Labute approximate surface area is 195 Å². The Morgan fingerprint density at radius 1 is 0.971 bits per heavy atom. The van der Waals surface area contributed by atoms with Gasteiger partial charge in [0.15, 0.2) is 5.65 Å². The molecule has 10 heteroatoms. The Balaban J connectivity index is 1.26. The maximum atomic E-state index is 13.3. The highest BCUT2D eigenvalue weighted by molar-refractivity contribution is 5.86. The molecule has 1 aliphatic rings. The zero-order valence-corrected chi connectivity index (χ0v) is 18.8. The first kappa shape index (κ1) is 20.5. The van der Waals surface area contributed by atoms with Crippen LogP contribution >= 0.6 is 0 Å². The fourth-order valence-electron chi connectivity index (χ4n) is 4.58. The van der Waals surface area contributed by atoms with E-state index in [9.17, 15) is 4.79 Å². The van der Waals surface area contributed by atoms with Gasteiger partial charge in [-0.3, -0.25) is 18.9 Å². The number of anilines is 1. The molecule has 0 saturated carbocycles. The van der Waals surface area contributed by atoms with Gasteiger partial charge in [0, 0.05) is 33.2 Å². The van der Waals surface area contributed by atoms with Crippen LogP contribution in [0.3, 0.4) is 0 Å². The molecule has 1 fully saturated rings. The van der Waals surface area contributed by atoms with Crippen LogP contribution in [0.25, 0.3) is 21.9 Å². The topological polar surface area (TPSA) is 98.1 Å².